The van der Waals surface area contributed by atoms with Gasteiger partial charge in [-0.05, 0) is 32.0 Å². The van der Waals surface area contributed by atoms with Gasteiger partial charge in [0.25, 0.3) is 0 Å². The van der Waals surface area contributed by atoms with Gasteiger partial charge in [0.15, 0.2) is 0 Å². The Hall–Kier alpha value is -0.900. The fourth-order valence-corrected chi connectivity index (χ4v) is 2.44. The molecule has 1 aliphatic rings. The third kappa shape index (κ3) is 4.09. The van der Waals surface area contributed by atoms with Gasteiger partial charge in [-0.3, -0.25) is 4.90 Å². The maximum Gasteiger partial charge on any atom is 0.0593 e. The Bertz CT molecular complexity index is 329. The van der Waals surface area contributed by atoms with E-state index >= 15 is 0 Å². The Morgan fingerprint density at radius 1 is 1.33 bits per heavy atom. The fourth-order valence-electron chi connectivity index (χ4n) is 2.44. The molecule has 3 heteroatoms. The molecule has 0 saturated carbocycles. The summed E-state index contributed by atoms with van der Waals surface area (Å²) in [5.41, 5.74) is 1.39. The summed E-state index contributed by atoms with van der Waals surface area (Å²) in [6, 6.07) is 11.2. The van der Waals surface area contributed by atoms with Crippen LogP contribution in [0, 0.1) is 0 Å². The molecule has 100 valence electrons. The van der Waals surface area contributed by atoms with E-state index in [0.29, 0.717) is 6.04 Å². The van der Waals surface area contributed by atoms with Crippen LogP contribution < -0.4 is 5.32 Å². The Morgan fingerprint density at radius 3 is 2.94 bits per heavy atom. The molecule has 1 aliphatic heterocycles. The van der Waals surface area contributed by atoms with E-state index in [1.165, 1.54) is 18.5 Å². The van der Waals surface area contributed by atoms with Crippen molar-refractivity contribution in [1.82, 2.24) is 10.2 Å². The lowest BCUT2D eigenvalue weighted by molar-refractivity contribution is 0.112. The molecule has 18 heavy (non-hydrogen) atoms. The quantitative estimate of drug-likeness (QED) is 0.807. The molecule has 1 atom stereocenters. The van der Waals surface area contributed by atoms with Crippen LogP contribution in [0.2, 0.25) is 0 Å². The van der Waals surface area contributed by atoms with Crippen LogP contribution in [0.4, 0.5) is 0 Å². The van der Waals surface area contributed by atoms with Crippen LogP contribution in [0.3, 0.4) is 0 Å². The van der Waals surface area contributed by atoms with Crippen molar-refractivity contribution in [1.29, 1.82) is 0 Å². The van der Waals surface area contributed by atoms with Crippen molar-refractivity contribution < 1.29 is 4.74 Å². The molecule has 1 fully saturated rings. The highest BCUT2D eigenvalue weighted by Gasteiger charge is 2.18. The summed E-state index contributed by atoms with van der Waals surface area (Å²) in [6.07, 6.45) is 1.22. The minimum Gasteiger partial charge on any atom is -0.380 e. The maximum atomic E-state index is 5.46. The Balaban J connectivity index is 1.91. The van der Waals surface area contributed by atoms with E-state index in [0.717, 1.165) is 32.8 Å². The largest absolute Gasteiger partial charge is 0.380 e. The number of rotatable bonds is 5. The third-order valence-corrected chi connectivity index (χ3v) is 3.44. The van der Waals surface area contributed by atoms with E-state index in [-0.39, 0.29) is 0 Å². The van der Waals surface area contributed by atoms with Crippen LogP contribution in [0.5, 0.6) is 0 Å². The number of ether oxygens (including phenoxy) is 1. The van der Waals surface area contributed by atoms with Gasteiger partial charge in [-0.2, -0.15) is 0 Å². The molecule has 1 heterocycles. The molecule has 0 aromatic heterocycles. The first-order chi connectivity index (χ1) is 8.90. The summed E-state index contributed by atoms with van der Waals surface area (Å²) < 4.78 is 5.46. The highest BCUT2D eigenvalue weighted by Crippen LogP contribution is 2.16. The summed E-state index contributed by atoms with van der Waals surface area (Å²) in [7, 11) is 0. The van der Waals surface area contributed by atoms with Gasteiger partial charge in [-0.15, -0.1) is 0 Å². The van der Waals surface area contributed by atoms with E-state index in [1.807, 2.05) is 0 Å². The first-order valence-corrected chi connectivity index (χ1v) is 6.98. The summed E-state index contributed by atoms with van der Waals surface area (Å²) in [5, 5.41) is 3.64. The molecule has 1 aromatic rings. The summed E-state index contributed by atoms with van der Waals surface area (Å²) in [5.74, 6) is 0. The molecule has 3 nitrogen and oxygen atoms in total. The van der Waals surface area contributed by atoms with E-state index < -0.39 is 0 Å². The van der Waals surface area contributed by atoms with E-state index in [4.69, 9.17) is 4.74 Å². The molecule has 1 saturated heterocycles. The first kappa shape index (κ1) is 13.5. The molecule has 1 unspecified atom stereocenters. The predicted octanol–water partition coefficient (Wildman–Crippen LogP) is 2.06. The van der Waals surface area contributed by atoms with Crippen LogP contribution in [-0.4, -0.2) is 44.3 Å². The van der Waals surface area contributed by atoms with E-state index in [9.17, 15) is 0 Å². The molecule has 2 rings (SSSR count). The molecule has 0 radical (unpaired) electrons. The third-order valence-electron chi connectivity index (χ3n) is 3.44. The average Bonchev–Trinajstić information content (AvgIpc) is 2.66. The summed E-state index contributed by atoms with van der Waals surface area (Å²) in [4.78, 5) is 2.51. The number of nitrogens with zero attached hydrogens (tertiary/aromatic N) is 1. The molecule has 1 aromatic carbocycles. The van der Waals surface area contributed by atoms with Crippen LogP contribution in [-0.2, 0) is 4.74 Å². The zero-order valence-electron chi connectivity index (χ0n) is 11.3. The number of benzene rings is 1. The monoisotopic (exact) mass is 248 g/mol. The second-order valence-electron chi connectivity index (χ2n) is 4.77. The second-order valence-corrected chi connectivity index (χ2v) is 4.77. The molecule has 1 N–H and O–H groups in total. The normalized spacial score (nSPS) is 21.7. The fraction of sp³-hybridized carbons (Fsp3) is 0.600. The molecule has 0 bridgehead atoms. The SMILES string of the molecule is CCOCCN1CCCNC(c2ccccc2)C1. The van der Waals surface area contributed by atoms with Crippen molar-refractivity contribution in [3.8, 4) is 0 Å². The molecule has 0 amide bonds. The van der Waals surface area contributed by atoms with E-state index in [2.05, 4.69) is 47.5 Å². The van der Waals surface area contributed by atoms with Gasteiger partial charge in [0.2, 0.25) is 0 Å². The van der Waals surface area contributed by atoms with Crippen LogP contribution >= 0.6 is 0 Å². The Morgan fingerprint density at radius 2 is 2.17 bits per heavy atom. The second kappa shape index (κ2) is 7.52. The van der Waals surface area contributed by atoms with Crippen LogP contribution in [0.1, 0.15) is 24.9 Å². The summed E-state index contributed by atoms with van der Waals surface area (Å²) >= 11 is 0. The average molecular weight is 248 g/mol. The zero-order valence-corrected chi connectivity index (χ0v) is 11.3. The molecular weight excluding hydrogens is 224 g/mol. The lowest BCUT2D eigenvalue weighted by Crippen LogP contribution is -2.33. The van der Waals surface area contributed by atoms with Gasteiger partial charge in [0.05, 0.1) is 6.61 Å². The number of hydrogen-bond donors (Lipinski definition) is 1. The van der Waals surface area contributed by atoms with Gasteiger partial charge in [-0.25, -0.2) is 0 Å². The van der Waals surface area contributed by atoms with Gasteiger partial charge in [-0.1, -0.05) is 30.3 Å². The van der Waals surface area contributed by atoms with Crippen molar-refractivity contribution in [3.63, 3.8) is 0 Å². The Labute approximate surface area is 110 Å². The zero-order chi connectivity index (χ0) is 12.6. The van der Waals surface area contributed by atoms with Gasteiger partial charge >= 0.3 is 0 Å². The molecular formula is C15H24N2O. The molecule has 0 aliphatic carbocycles. The lowest BCUT2D eigenvalue weighted by atomic mass is 10.1. The minimum absolute atomic E-state index is 0.454. The maximum absolute atomic E-state index is 5.46. The highest BCUT2D eigenvalue weighted by molar-refractivity contribution is 5.19. The first-order valence-electron chi connectivity index (χ1n) is 6.98. The lowest BCUT2D eigenvalue weighted by Gasteiger charge is -2.24. The van der Waals surface area contributed by atoms with Gasteiger partial charge < -0.3 is 10.1 Å². The standard InChI is InChI=1S/C15H24N2O/c1-2-18-12-11-17-10-6-9-16-15(13-17)14-7-4-3-5-8-14/h3-5,7-8,15-16H,2,6,9-13H2,1H3. The smallest absolute Gasteiger partial charge is 0.0593 e. The Kier molecular flexibility index (Phi) is 5.65. The van der Waals surface area contributed by atoms with E-state index in [1.54, 1.807) is 0 Å². The summed E-state index contributed by atoms with van der Waals surface area (Å²) in [6.45, 7) is 8.10. The topological polar surface area (TPSA) is 24.5 Å². The van der Waals surface area contributed by atoms with Gasteiger partial charge in [0.1, 0.15) is 0 Å². The van der Waals surface area contributed by atoms with Crippen LogP contribution in [0.25, 0.3) is 0 Å². The highest BCUT2D eigenvalue weighted by atomic mass is 16.5. The van der Waals surface area contributed by atoms with Crippen molar-refractivity contribution in [3.05, 3.63) is 35.9 Å². The molecule has 0 spiro atoms. The van der Waals surface area contributed by atoms with Crippen molar-refractivity contribution in [2.24, 2.45) is 0 Å². The van der Waals surface area contributed by atoms with Crippen molar-refractivity contribution in [2.75, 3.05) is 39.4 Å². The number of hydrogen-bond acceptors (Lipinski definition) is 3. The van der Waals surface area contributed by atoms with Gasteiger partial charge in [0, 0.05) is 25.7 Å². The minimum atomic E-state index is 0.454. The van der Waals surface area contributed by atoms with Crippen LogP contribution in [0.15, 0.2) is 30.3 Å². The number of nitrogens with one attached hydrogen (secondary N) is 1. The van der Waals surface area contributed by atoms with Crippen molar-refractivity contribution in [2.45, 2.75) is 19.4 Å². The predicted molar refractivity (Wildman–Crippen MR) is 74.7 cm³/mol. The van der Waals surface area contributed by atoms with Crippen molar-refractivity contribution >= 4 is 0 Å².